The summed E-state index contributed by atoms with van der Waals surface area (Å²) in [5.74, 6) is 1.09. The van der Waals surface area contributed by atoms with Crippen LogP contribution in [-0.4, -0.2) is 39.6 Å². The maximum Gasteiger partial charge on any atom is 0.327 e. The van der Waals surface area contributed by atoms with Gasteiger partial charge in [0, 0.05) is 18.7 Å². The number of pyridine rings is 1. The average molecular weight is 289 g/mol. The largest absolute Gasteiger partial charge is 0.480 e. The number of aromatic nitrogens is 1. The van der Waals surface area contributed by atoms with Crippen LogP contribution in [0.5, 0.6) is 0 Å². The number of urea groups is 1. The Labute approximate surface area is 124 Å². The second-order valence-corrected chi connectivity index (χ2v) is 4.53. The number of rotatable bonds is 6. The summed E-state index contributed by atoms with van der Waals surface area (Å²) in [6.45, 7) is 4.43. The van der Waals surface area contributed by atoms with Crippen molar-refractivity contribution in [2.75, 3.05) is 6.54 Å². The van der Waals surface area contributed by atoms with Crippen LogP contribution in [0.3, 0.4) is 0 Å². The first-order valence-corrected chi connectivity index (χ1v) is 6.62. The predicted octanol–water partition coefficient (Wildman–Crippen LogP) is 1.40. The number of nitrogens with zero attached hydrogens (tertiary/aromatic N) is 2. The molecule has 0 aliphatic heterocycles. The predicted molar refractivity (Wildman–Crippen MR) is 78.5 cm³/mol. The summed E-state index contributed by atoms with van der Waals surface area (Å²) in [7, 11) is 0. The molecule has 21 heavy (non-hydrogen) atoms. The number of aliphatic carboxylic acids is 1. The summed E-state index contributed by atoms with van der Waals surface area (Å²) in [5, 5.41) is 11.4. The van der Waals surface area contributed by atoms with Crippen molar-refractivity contribution in [3.05, 3.63) is 29.6 Å². The molecule has 0 saturated heterocycles. The maximum absolute atomic E-state index is 12.1. The second kappa shape index (κ2) is 7.90. The zero-order chi connectivity index (χ0) is 15.8. The molecule has 0 radical (unpaired) electrons. The van der Waals surface area contributed by atoms with Gasteiger partial charge in [0.25, 0.3) is 0 Å². The van der Waals surface area contributed by atoms with Crippen LogP contribution in [0.2, 0.25) is 0 Å². The molecule has 1 aromatic heterocycles. The van der Waals surface area contributed by atoms with Gasteiger partial charge in [-0.1, -0.05) is 6.07 Å². The molecule has 0 aromatic carbocycles. The Morgan fingerprint density at radius 1 is 1.52 bits per heavy atom. The van der Waals surface area contributed by atoms with Crippen molar-refractivity contribution in [3.8, 4) is 12.3 Å². The summed E-state index contributed by atoms with van der Waals surface area (Å²) in [4.78, 5) is 28.9. The van der Waals surface area contributed by atoms with E-state index in [9.17, 15) is 9.59 Å². The van der Waals surface area contributed by atoms with E-state index in [1.54, 1.807) is 0 Å². The van der Waals surface area contributed by atoms with Gasteiger partial charge in [0.1, 0.15) is 6.04 Å². The summed E-state index contributed by atoms with van der Waals surface area (Å²) >= 11 is 0. The number of amides is 2. The average Bonchev–Trinajstić information content (AvgIpc) is 2.44. The van der Waals surface area contributed by atoms with Crippen LogP contribution in [-0.2, 0) is 11.3 Å². The number of hydrogen-bond donors (Lipinski definition) is 2. The van der Waals surface area contributed by atoms with Crippen molar-refractivity contribution in [2.24, 2.45) is 0 Å². The Morgan fingerprint density at radius 3 is 2.76 bits per heavy atom. The molecule has 6 heteroatoms. The maximum atomic E-state index is 12.1. The van der Waals surface area contributed by atoms with Crippen LogP contribution in [0.15, 0.2) is 18.2 Å². The number of carboxylic acid groups (broad SMARTS) is 1. The van der Waals surface area contributed by atoms with Crippen molar-refractivity contribution >= 4 is 12.0 Å². The standard InChI is InChI=1S/C15H19N3O3/c1-4-7-13(14(19)20)17-15(21)18(5-2)10-12-9-6-8-11(3)16-12/h1,6,8-9,13H,5,7,10H2,2-3H3,(H,17,21)(H,19,20). The molecule has 1 unspecified atom stereocenters. The first kappa shape index (κ1) is 16.5. The number of nitrogens with one attached hydrogen (secondary N) is 1. The quantitative estimate of drug-likeness (QED) is 0.775. The van der Waals surface area contributed by atoms with Crippen LogP contribution >= 0.6 is 0 Å². The van der Waals surface area contributed by atoms with Crippen LogP contribution in [0.1, 0.15) is 24.7 Å². The SMILES string of the molecule is C#CCC(NC(=O)N(CC)Cc1cccc(C)n1)C(=O)O. The molecule has 1 rings (SSSR count). The normalized spacial score (nSPS) is 11.3. The molecule has 0 aliphatic rings. The third-order valence-electron chi connectivity index (χ3n) is 2.89. The van der Waals surface area contributed by atoms with Gasteiger partial charge in [0.15, 0.2) is 0 Å². The Bertz CT molecular complexity index is 551. The number of terminal acetylenes is 1. The van der Waals surface area contributed by atoms with Crippen LogP contribution in [0.4, 0.5) is 4.79 Å². The molecule has 0 bridgehead atoms. The third kappa shape index (κ3) is 5.15. The zero-order valence-corrected chi connectivity index (χ0v) is 12.2. The lowest BCUT2D eigenvalue weighted by Crippen LogP contribution is -2.47. The molecular weight excluding hydrogens is 270 g/mol. The summed E-state index contributed by atoms with van der Waals surface area (Å²) in [6.07, 6.45) is 5.05. The highest BCUT2D eigenvalue weighted by Gasteiger charge is 2.22. The van der Waals surface area contributed by atoms with Crippen LogP contribution in [0, 0.1) is 19.3 Å². The molecule has 1 atom stereocenters. The van der Waals surface area contributed by atoms with Gasteiger partial charge in [0.05, 0.1) is 12.2 Å². The highest BCUT2D eigenvalue weighted by molar-refractivity contribution is 5.82. The first-order chi connectivity index (χ1) is 9.97. The van der Waals surface area contributed by atoms with E-state index in [-0.39, 0.29) is 6.42 Å². The number of aryl methyl sites for hydroxylation is 1. The minimum atomic E-state index is -1.15. The van der Waals surface area contributed by atoms with Crippen molar-refractivity contribution in [3.63, 3.8) is 0 Å². The van der Waals surface area contributed by atoms with Gasteiger partial charge in [-0.15, -0.1) is 12.3 Å². The fraction of sp³-hybridized carbons (Fsp3) is 0.400. The molecule has 1 aromatic rings. The highest BCUT2D eigenvalue weighted by Crippen LogP contribution is 2.04. The van der Waals surface area contributed by atoms with E-state index in [0.717, 1.165) is 11.4 Å². The van der Waals surface area contributed by atoms with Gasteiger partial charge in [0.2, 0.25) is 0 Å². The summed E-state index contributed by atoms with van der Waals surface area (Å²) in [5.41, 5.74) is 1.61. The number of carboxylic acids is 1. The van der Waals surface area contributed by atoms with Gasteiger partial charge >= 0.3 is 12.0 Å². The Balaban J connectivity index is 2.73. The van der Waals surface area contributed by atoms with Crippen molar-refractivity contribution in [2.45, 2.75) is 32.9 Å². The topological polar surface area (TPSA) is 82.5 Å². The fourth-order valence-electron chi connectivity index (χ4n) is 1.77. The molecule has 112 valence electrons. The molecule has 1 heterocycles. The van der Waals surface area contributed by atoms with Crippen LogP contribution < -0.4 is 5.32 Å². The zero-order valence-electron chi connectivity index (χ0n) is 12.2. The lowest BCUT2D eigenvalue weighted by atomic mass is 10.2. The molecule has 0 fully saturated rings. The lowest BCUT2D eigenvalue weighted by Gasteiger charge is -2.23. The minimum absolute atomic E-state index is 0.0542. The van der Waals surface area contributed by atoms with E-state index < -0.39 is 18.0 Å². The highest BCUT2D eigenvalue weighted by atomic mass is 16.4. The molecule has 2 amide bonds. The van der Waals surface area contributed by atoms with Crippen LogP contribution in [0.25, 0.3) is 0 Å². The van der Waals surface area contributed by atoms with E-state index in [1.165, 1.54) is 4.90 Å². The molecule has 0 spiro atoms. The van der Waals surface area contributed by atoms with E-state index >= 15 is 0 Å². The van der Waals surface area contributed by atoms with E-state index in [1.807, 2.05) is 32.0 Å². The Hall–Kier alpha value is -2.55. The van der Waals surface area contributed by atoms with Gasteiger partial charge < -0.3 is 15.3 Å². The van der Waals surface area contributed by atoms with Gasteiger partial charge in [-0.25, -0.2) is 9.59 Å². The third-order valence-corrected chi connectivity index (χ3v) is 2.89. The molecule has 2 N–H and O–H groups in total. The number of hydrogen-bond acceptors (Lipinski definition) is 3. The van der Waals surface area contributed by atoms with E-state index in [2.05, 4.69) is 16.2 Å². The monoisotopic (exact) mass is 289 g/mol. The fourth-order valence-corrected chi connectivity index (χ4v) is 1.77. The number of carbonyl (C=O) groups is 2. The van der Waals surface area contributed by atoms with Crippen molar-refractivity contribution < 1.29 is 14.7 Å². The van der Waals surface area contributed by atoms with E-state index in [4.69, 9.17) is 11.5 Å². The minimum Gasteiger partial charge on any atom is -0.480 e. The van der Waals surface area contributed by atoms with Crippen molar-refractivity contribution in [1.82, 2.24) is 15.2 Å². The summed E-state index contributed by atoms with van der Waals surface area (Å²) < 4.78 is 0. The lowest BCUT2D eigenvalue weighted by molar-refractivity contribution is -0.139. The molecule has 0 saturated carbocycles. The van der Waals surface area contributed by atoms with Gasteiger partial charge in [-0.3, -0.25) is 4.98 Å². The smallest absolute Gasteiger partial charge is 0.327 e. The Morgan fingerprint density at radius 2 is 2.24 bits per heavy atom. The first-order valence-electron chi connectivity index (χ1n) is 6.62. The number of carbonyl (C=O) groups excluding carboxylic acids is 1. The van der Waals surface area contributed by atoms with E-state index in [0.29, 0.717) is 13.1 Å². The van der Waals surface area contributed by atoms with Gasteiger partial charge in [-0.2, -0.15) is 0 Å². The van der Waals surface area contributed by atoms with Crippen molar-refractivity contribution in [1.29, 1.82) is 0 Å². The molecular formula is C15H19N3O3. The Kier molecular flexibility index (Phi) is 6.21. The van der Waals surface area contributed by atoms with Gasteiger partial charge in [-0.05, 0) is 26.0 Å². The molecule has 0 aliphatic carbocycles. The second-order valence-electron chi connectivity index (χ2n) is 4.53. The molecule has 6 nitrogen and oxygen atoms in total. The summed E-state index contributed by atoms with van der Waals surface area (Å²) in [6, 6.07) is 4.00.